The second-order valence-electron chi connectivity index (χ2n) is 8.34. The maximum absolute atomic E-state index is 9.63. The van der Waals surface area contributed by atoms with Gasteiger partial charge in [0.05, 0.1) is 0 Å². The Balaban J connectivity index is 1.40. The summed E-state index contributed by atoms with van der Waals surface area (Å²) in [6, 6.07) is 13.8. The molecule has 0 amide bonds. The van der Waals surface area contributed by atoms with Gasteiger partial charge < -0.3 is 14.6 Å². The Bertz CT molecular complexity index is 861. The predicted molar refractivity (Wildman–Crippen MR) is 112 cm³/mol. The quantitative estimate of drug-likeness (QED) is 0.809. The van der Waals surface area contributed by atoms with Crippen molar-refractivity contribution in [3.63, 3.8) is 0 Å². The summed E-state index contributed by atoms with van der Waals surface area (Å²) < 4.78 is 12.3. The number of phenols is 1. The summed E-state index contributed by atoms with van der Waals surface area (Å²) in [4.78, 5) is 2.51. The van der Waals surface area contributed by atoms with Crippen LogP contribution in [0.5, 0.6) is 17.2 Å². The maximum Gasteiger partial charge on any atom is 0.150 e. The van der Waals surface area contributed by atoms with Crippen LogP contribution < -0.4 is 9.47 Å². The maximum atomic E-state index is 9.63. The minimum Gasteiger partial charge on any atom is -0.508 e. The summed E-state index contributed by atoms with van der Waals surface area (Å²) in [5.74, 6) is 2.70. The molecular formula is C24H29NO3. The molecule has 0 aromatic heterocycles. The zero-order valence-corrected chi connectivity index (χ0v) is 16.9. The minimum absolute atomic E-state index is 0.245. The van der Waals surface area contributed by atoms with Gasteiger partial charge in [-0.05, 0) is 74.7 Å². The number of nitrogens with zero attached hydrogens (tertiary/aromatic N) is 1. The van der Waals surface area contributed by atoms with E-state index in [9.17, 15) is 5.11 Å². The van der Waals surface area contributed by atoms with Crippen molar-refractivity contribution in [2.75, 3.05) is 19.7 Å². The van der Waals surface area contributed by atoms with E-state index in [0.29, 0.717) is 12.6 Å². The summed E-state index contributed by atoms with van der Waals surface area (Å²) in [5.41, 5.74) is 1.42. The van der Waals surface area contributed by atoms with E-state index in [1.807, 2.05) is 37.3 Å². The highest BCUT2D eigenvalue weighted by Crippen LogP contribution is 2.38. The van der Waals surface area contributed by atoms with E-state index in [1.54, 1.807) is 12.1 Å². The van der Waals surface area contributed by atoms with Crippen LogP contribution in [0.15, 0.2) is 48.5 Å². The third kappa shape index (κ3) is 3.88. The minimum atomic E-state index is -0.540. The van der Waals surface area contributed by atoms with Gasteiger partial charge in [0.1, 0.15) is 29.5 Å². The molecule has 1 fully saturated rings. The van der Waals surface area contributed by atoms with Crippen molar-refractivity contribution in [1.82, 2.24) is 4.90 Å². The van der Waals surface area contributed by atoms with Crippen molar-refractivity contribution in [2.24, 2.45) is 5.92 Å². The summed E-state index contributed by atoms with van der Waals surface area (Å²) in [7, 11) is 0. The van der Waals surface area contributed by atoms with Crippen LogP contribution >= 0.6 is 0 Å². The molecule has 3 atom stereocenters. The first-order valence-electron chi connectivity index (χ1n) is 10.1. The molecule has 0 spiro atoms. The van der Waals surface area contributed by atoms with Crippen LogP contribution in [-0.4, -0.2) is 35.7 Å². The number of hydrogen-bond acceptors (Lipinski definition) is 4. The van der Waals surface area contributed by atoms with Crippen molar-refractivity contribution in [3.8, 4) is 17.2 Å². The first-order chi connectivity index (χ1) is 13.4. The number of likely N-dealkylation sites (tertiary alicyclic amines) is 1. The van der Waals surface area contributed by atoms with Crippen molar-refractivity contribution in [2.45, 2.75) is 38.8 Å². The predicted octanol–water partition coefficient (Wildman–Crippen LogP) is 4.82. The lowest BCUT2D eigenvalue weighted by molar-refractivity contribution is 0.137. The average Bonchev–Trinajstić information content (AvgIpc) is 3.13. The molecular weight excluding hydrogens is 350 g/mol. The van der Waals surface area contributed by atoms with Gasteiger partial charge >= 0.3 is 0 Å². The fourth-order valence-electron chi connectivity index (χ4n) is 4.00. The van der Waals surface area contributed by atoms with E-state index in [1.165, 1.54) is 19.5 Å². The number of fused-ring (bicyclic) bond motifs is 1. The van der Waals surface area contributed by atoms with Gasteiger partial charge in [-0.1, -0.05) is 25.1 Å². The Morgan fingerprint density at radius 1 is 1.25 bits per heavy atom. The molecule has 2 heterocycles. The average molecular weight is 380 g/mol. The monoisotopic (exact) mass is 379 g/mol. The molecule has 0 aliphatic carbocycles. The van der Waals surface area contributed by atoms with Crippen LogP contribution in [0.1, 0.15) is 38.3 Å². The van der Waals surface area contributed by atoms with Gasteiger partial charge in [-0.3, -0.25) is 4.90 Å². The molecule has 1 N–H and O–H groups in total. The fraction of sp³-hybridized carbons (Fsp3) is 0.417. The fourth-order valence-corrected chi connectivity index (χ4v) is 4.00. The van der Waals surface area contributed by atoms with Gasteiger partial charge in [0.2, 0.25) is 0 Å². The number of benzene rings is 2. The first-order valence-corrected chi connectivity index (χ1v) is 10.1. The molecule has 4 nitrogen and oxygen atoms in total. The lowest BCUT2D eigenvalue weighted by Gasteiger charge is -2.32. The van der Waals surface area contributed by atoms with Gasteiger partial charge in [0.15, 0.2) is 0 Å². The molecule has 148 valence electrons. The normalized spacial score (nSPS) is 25.2. The Morgan fingerprint density at radius 2 is 2.04 bits per heavy atom. The van der Waals surface area contributed by atoms with Gasteiger partial charge in [-0.15, -0.1) is 0 Å². The molecule has 2 aliphatic rings. The molecule has 2 aromatic rings. The number of aromatic hydroxyl groups is 1. The van der Waals surface area contributed by atoms with Gasteiger partial charge in [-0.2, -0.15) is 0 Å². The SMILES string of the molecule is CC1CCN(C(C)COc2ccc(C3(C)C=Cc4cc(O)ccc4O3)cc2)C1. The van der Waals surface area contributed by atoms with Crippen LogP contribution in [0.2, 0.25) is 0 Å². The Labute approximate surface area is 167 Å². The number of ether oxygens (including phenoxy) is 2. The lowest BCUT2D eigenvalue weighted by atomic mass is 9.92. The van der Waals surface area contributed by atoms with E-state index >= 15 is 0 Å². The third-order valence-electron chi connectivity index (χ3n) is 5.89. The van der Waals surface area contributed by atoms with E-state index in [2.05, 4.69) is 30.9 Å². The van der Waals surface area contributed by atoms with E-state index in [-0.39, 0.29) is 5.75 Å². The molecule has 3 unspecified atom stereocenters. The van der Waals surface area contributed by atoms with Crippen LogP contribution in [0.25, 0.3) is 6.08 Å². The Morgan fingerprint density at radius 3 is 2.75 bits per heavy atom. The smallest absolute Gasteiger partial charge is 0.150 e. The van der Waals surface area contributed by atoms with Gasteiger partial charge in [-0.25, -0.2) is 0 Å². The summed E-state index contributed by atoms with van der Waals surface area (Å²) in [6.07, 6.45) is 5.32. The first kappa shape index (κ1) is 18.9. The molecule has 28 heavy (non-hydrogen) atoms. The molecule has 0 saturated carbocycles. The molecule has 2 aromatic carbocycles. The lowest BCUT2D eigenvalue weighted by Crippen LogP contribution is -2.35. The van der Waals surface area contributed by atoms with Crippen molar-refractivity contribution in [3.05, 3.63) is 59.7 Å². The summed E-state index contributed by atoms with van der Waals surface area (Å²) >= 11 is 0. The Kier molecular flexibility index (Phi) is 5.07. The van der Waals surface area contributed by atoms with Crippen molar-refractivity contribution < 1.29 is 14.6 Å². The van der Waals surface area contributed by atoms with Crippen LogP contribution in [0, 0.1) is 5.92 Å². The highest BCUT2D eigenvalue weighted by Gasteiger charge is 2.30. The summed E-state index contributed by atoms with van der Waals surface area (Å²) in [6.45, 7) is 9.65. The van der Waals surface area contributed by atoms with Gasteiger partial charge in [0, 0.05) is 18.2 Å². The van der Waals surface area contributed by atoms with Crippen molar-refractivity contribution in [1.29, 1.82) is 0 Å². The number of hydrogen-bond donors (Lipinski definition) is 1. The second-order valence-corrected chi connectivity index (χ2v) is 8.34. The standard InChI is InChI=1S/C24H29NO3/c1-17-11-13-25(15-17)18(2)16-27-22-7-4-20(5-8-22)24(3)12-10-19-14-21(26)6-9-23(19)28-24/h4-10,12,14,17-18,26H,11,13,15-16H2,1-3H3. The number of rotatable bonds is 5. The Hall–Kier alpha value is -2.46. The van der Waals surface area contributed by atoms with Crippen LogP contribution in [-0.2, 0) is 5.60 Å². The zero-order chi connectivity index (χ0) is 19.7. The van der Waals surface area contributed by atoms with Crippen LogP contribution in [0.3, 0.4) is 0 Å². The number of phenolic OH excluding ortho intramolecular Hbond substituents is 1. The molecule has 2 aliphatic heterocycles. The summed E-state index contributed by atoms with van der Waals surface area (Å²) in [5, 5.41) is 9.63. The van der Waals surface area contributed by atoms with E-state index in [4.69, 9.17) is 9.47 Å². The van der Waals surface area contributed by atoms with E-state index in [0.717, 1.165) is 28.5 Å². The van der Waals surface area contributed by atoms with E-state index < -0.39 is 5.60 Å². The molecule has 4 rings (SSSR count). The zero-order valence-electron chi connectivity index (χ0n) is 16.9. The van der Waals surface area contributed by atoms with Gasteiger partial charge in [0.25, 0.3) is 0 Å². The highest BCUT2D eigenvalue weighted by molar-refractivity contribution is 5.63. The largest absolute Gasteiger partial charge is 0.508 e. The molecule has 4 heteroatoms. The third-order valence-corrected chi connectivity index (χ3v) is 5.89. The topological polar surface area (TPSA) is 41.9 Å². The molecule has 0 bridgehead atoms. The second kappa shape index (κ2) is 7.51. The van der Waals surface area contributed by atoms with Crippen molar-refractivity contribution >= 4 is 6.08 Å². The molecule has 0 radical (unpaired) electrons. The van der Waals surface area contributed by atoms with Crippen LogP contribution in [0.4, 0.5) is 0 Å². The molecule has 1 saturated heterocycles. The highest BCUT2D eigenvalue weighted by atomic mass is 16.5.